The molecule has 1 aliphatic heterocycles. The summed E-state index contributed by atoms with van der Waals surface area (Å²) >= 11 is 0. The van der Waals surface area contributed by atoms with Gasteiger partial charge in [-0.3, -0.25) is 0 Å². The maximum atomic E-state index is 10.1. The molecule has 12 nitrogen and oxygen atoms in total. The molecule has 0 amide bonds. The molecule has 6 N–H and O–H groups in total. The van der Waals surface area contributed by atoms with Gasteiger partial charge in [-0.25, -0.2) is 4.98 Å². The van der Waals surface area contributed by atoms with Gasteiger partial charge in [-0.05, 0) is 5.56 Å². The van der Waals surface area contributed by atoms with Crippen LogP contribution in [-0.4, -0.2) is 83.9 Å². The van der Waals surface area contributed by atoms with E-state index in [2.05, 4.69) is 15.0 Å². The van der Waals surface area contributed by atoms with Crippen LogP contribution in [0.15, 0.2) is 36.7 Å². The van der Waals surface area contributed by atoms with Gasteiger partial charge in [0, 0.05) is 6.54 Å². The summed E-state index contributed by atoms with van der Waals surface area (Å²) in [4.78, 5) is 12.7. The molecular formula is C20H25N5O7. The van der Waals surface area contributed by atoms with Crippen molar-refractivity contribution in [2.75, 3.05) is 18.9 Å². The number of fused-ring (bicyclic) bond motifs is 1. The van der Waals surface area contributed by atoms with Gasteiger partial charge < -0.3 is 44.9 Å². The molecule has 1 aromatic carbocycles. The molecule has 32 heavy (non-hydrogen) atoms. The number of benzene rings is 1. The minimum Gasteiger partial charge on any atom is -0.471 e. The fourth-order valence-corrected chi connectivity index (χ4v) is 3.40. The molecule has 12 heteroatoms. The number of ether oxygens (including phenoxy) is 3. The van der Waals surface area contributed by atoms with Crippen molar-refractivity contribution in [3.05, 3.63) is 42.2 Å². The second kappa shape index (κ2) is 9.73. The van der Waals surface area contributed by atoms with E-state index in [0.29, 0.717) is 17.8 Å². The Morgan fingerprint density at radius 3 is 2.59 bits per heavy atom. The van der Waals surface area contributed by atoms with E-state index >= 15 is 0 Å². The Balaban J connectivity index is 1.42. The van der Waals surface area contributed by atoms with Crippen LogP contribution in [0.4, 0.5) is 5.95 Å². The molecule has 2 aromatic heterocycles. The van der Waals surface area contributed by atoms with Crippen LogP contribution in [0.1, 0.15) is 5.56 Å². The second-order valence-electron chi connectivity index (χ2n) is 7.34. The Morgan fingerprint density at radius 1 is 1.06 bits per heavy atom. The molecule has 0 spiro atoms. The molecule has 4 rings (SSSR count). The van der Waals surface area contributed by atoms with Crippen molar-refractivity contribution >= 4 is 17.1 Å². The number of aromatic nitrogens is 4. The zero-order chi connectivity index (χ0) is 22.7. The lowest BCUT2D eigenvalue weighted by atomic mass is 9.99. The van der Waals surface area contributed by atoms with Crippen molar-refractivity contribution in [1.82, 2.24) is 19.5 Å². The van der Waals surface area contributed by atoms with E-state index in [-0.39, 0.29) is 25.0 Å². The maximum absolute atomic E-state index is 10.1. The Labute approximate surface area is 182 Å². The number of aliphatic hydroxyl groups is 4. The number of nitrogen functional groups attached to an aromatic ring is 1. The molecule has 1 aliphatic rings. The highest BCUT2D eigenvalue weighted by molar-refractivity contribution is 5.77. The molecular weight excluding hydrogens is 422 g/mol. The fraction of sp³-hybridized carbons (Fsp3) is 0.450. The number of aliphatic hydroxyl groups excluding tert-OH is 4. The third-order valence-electron chi connectivity index (χ3n) is 5.13. The average molecular weight is 447 g/mol. The van der Waals surface area contributed by atoms with E-state index in [1.165, 1.54) is 6.33 Å². The quantitative estimate of drug-likeness (QED) is 0.280. The Kier molecular flexibility index (Phi) is 6.79. The summed E-state index contributed by atoms with van der Waals surface area (Å²) in [6, 6.07) is 9.59. The smallest absolute Gasteiger partial charge is 0.247 e. The van der Waals surface area contributed by atoms with Crippen LogP contribution in [-0.2, 0) is 22.6 Å². The maximum Gasteiger partial charge on any atom is 0.247 e. The largest absolute Gasteiger partial charge is 0.471 e. The van der Waals surface area contributed by atoms with E-state index in [1.54, 1.807) is 4.57 Å². The van der Waals surface area contributed by atoms with Crippen molar-refractivity contribution in [3.63, 3.8) is 0 Å². The monoisotopic (exact) mass is 447 g/mol. The van der Waals surface area contributed by atoms with Crippen LogP contribution < -0.4 is 10.5 Å². The van der Waals surface area contributed by atoms with Gasteiger partial charge in [0.15, 0.2) is 17.5 Å². The molecule has 2 unspecified atom stereocenters. The highest BCUT2D eigenvalue weighted by Crippen LogP contribution is 2.24. The van der Waals surface area contributed by atoms with E-state index < -0.39 is 37.3 Å². The van der Waals surface area contributed by atoms with Gasteiger partial charge in [0.2, 0.25) is 11.8 Å². The topological polar surface area (TPSA) is 178 Å². The Morgan fingerprint density at radius 2 is 1.84 bits per heavy atom. The second-order valence-corrected chi connectivity index (χ2v) is 7.34. The first kappa shape index (κ1) is 22.3. The van der Waals surface area contributed by atoms with Crippen molar-refractivity contribution in [1.29, 1.82) is 0 Å². The fourth-order valence-electron chi connectivity index (χ4n) is 3.40. The molecule has 5 atom stereocenters. The minimum atomic E-state index is -1.50. The van der Waals surface area contributed by atoms with Gasteiger partial charge in [-0.2, -0.15) is 9.97 Å². The number of anilines is 1. The Bertz CT molecular complexity index is 1030. The number of nitrogens with two attached hydrogens (primary N) is 1. The average Bonchev–Trinajstić information content (AvgIpc) is 3.21. The van der Waals surface area contributed by atoms with Crippen molar-refractivity contribution < 1.29 is 34.6 Å². The van der Waals surface area contributed by atoms with Crippen LogP contribution in [0, 0.1) is 0 Å². The van der Waals surface area contributed by atoms with Crippen molar-refractivity contribution in [3.8, 4) is 5.88 Å². The van der Waals surface area contributed by atoms with Crippen molar-refractivity contribution in [2.24, 2.45) is 0 Å². The third-order valence-corrected chi connectivity index (χ3v) is 5.13. The SMILES string of the molecule is Nc1nc(OCc2ccccc2)c2ncn(CCO[C@@H]3OC(CO)[C@H](O)[C@H](O)C3O)c2n1. The molecule has 0 saturated carbocycles. The number of imidazole rings is 1. The first-order valence-corrected chi connectivity index (χ1v) is 10.0. The first-order chi connectivity index (χ1) is 15.5. The van der Waals surface area contributed by atoms with E-state index in [9.17, 15) is 20.4 Å². The highest BCUT2D eigenvalue weighted by atomic mass is 16.7. The molecule has 0 bridgehead atoms. The normalized spacial score (nSPS) is 25.8. The third kappa shape index (κ3) is 4.65. The lowest BCUT2D eigenvalue weighted by Gasteiger charge is -2.39. The van der Waals surface area contributed by atoms with Gasteiger partial charge in [-0.15, -0.1) is 0 Å². The molecule has 172 valence electrons. The van der Waals surface area contributed by atoms with Crippen molar-refractivity contribution in [2.45, 2.75) is 43.9 Å². The number of hydrogen-bond acceptors (Lipinski definition) is 11. The molecule has 0 aliphatic carbocycles. The standard InChI is InChI=1S/C20H25N5O7/c21-20-23-17-13(18(24-20)31-9-11-4-2-1-3-5-11)22-10-25(17)6-7-30-19-16(29)15(28)14(27)12(8-26)32-19/h1-5,10,12,14-16,19,26-29H,6-9H2,(H2,21,23,24)/t12?,14-,15-,16?,19+/m0/s1. The number of hydrogen-bond donors (Lipinski definition) is 5. The van der Waals surface area contributed by atoms with Gasteiger partial charge in [0.25, 0.3) is 0 Å². The summed E-state index contributed by atoms with van der Waals surface area (Å²) in [5.74, 6) is 0.280. The van der Waals surface area contributed by atoms with E-state index in [0.717, 1.165) is 5.56 Å². The number of nitrogens with zero attached hydrogens (tertiary/aromatic N) is 4. The zero-order valence-electron chi connectivity index (χ0n) is 17.1. The lowest BCUT2D eigenvalue weighted by Crippen LogP contribution is -2.59. The van der Waals surface area contributed by atoms with Crippen LogP contribution in [0.3, 0.4) is 0 Å². The van der Waals surface area contributed by atoms with Crippen LogP contribution in [0.25, 0.3) is 11.2 Å². The van der Waals surface area contributed by atoms with Gasteiger partial charge in [0.05, 0.1) is 19.5 Å². The molecule has 0 radical (unpaired) electrons. The van der Waals surface area contributed by atoms with Crippen LogP contribution in [0.5, 0.6) is 5.88 Å². The lowest BCUT2D eigenvalue weighted by molar-refractivity contribution is -0.301. The molecule has 1 saturated heterocycles. The predicted molar refractivity (Wildman–Crippen MR) is 110 cm³/mol. The van der Waals surface area contributed by atoms with Crippen LogP contribution in [0.2, 0.25) is 0 Å². The first-order valence-electron chi connectivity index (χ1n) is 10.0. The Hall–Kier alpha value is -2.87. The molecule has 3 heterocycles. The molecule has 3 aromatic rings. The summed E-state index contributed by atoms with van der Waals surface area (Å²) in [7, 11) is 0. The van der Waals surface area contributed by atoms with E-state index in [4.69, 9.17) is 19.9 Å². The summed E-state index contributed by atoms with van der Waals surface area (Å²) in [6.45, 7) is 0.0801. The van der Waals surface area contributed by atoms with Gasteiger partial charge in [0.1, 0.15) is 31.0 Å². The van der Waals surface area contributed by atoms with E-state index in [1.807, 2.05) is 30.3 Å². The highest BCUT2D eigenvalue weighted by Gasteiger charge is 2.43. The zero-order valence-corrected chi connectivity index (χ0v) is 17.1. The summed E-state index contributed by atoms with van der Waals surface area (Å²) in [6.07, 6.45) is -5.14. The number of rotatable bonds is 8. The minimum absolute atomic E-state index is 0.0252. The molecule has 1 fully saturated rings. The van der Waals surface area contributed by atoms with Crippen LogP contribution >= 0.6 is 0 Å². The van der Waals surface area contributed by atoms with Gasteiger partial charge in [-0.1, -0.05) is 30.3 Å². The van der Waals surface area contributed by atoms with Gasteiger partial charge >= 0.3 is 0 Å². The summed E-state index contributed by atoms with van der Waals surface area (Å²) in [5, 5.41) is 39.0. The summed E-state index contributed by atoms with van der Waals surface area (Å²) < 4.78 is 18.3. The summed E-state index contributed by atoms with van der Waals surface area (Å²) in [5.41, 5.74) is 7.68. The predicted octanol–water partition coefficient (Wildman–Crippen LogP) is -1.20.